The SMILES string of the molecule is F/C(C#C[B-](F)(F)F)=C(/F)C(F)(F)C(F)(F)C(F)(F)C(F)(F)F. The van der Waals surface area contributed by atoms with E-state index in [-0.39, 0.29) is 11.7 Å². The van der Waals surface area contributed by atoms with E-state index in [1.54, 1.807) is 0 Å². The number of rotatable bonds is 3. The Morgan fingerprint density at radius 3 is 1.39 bits per heavy atom. The quantitative estimate of drug-likeness (QED) is 0.372. The van der Waals surface area contributed by atoms with Crippen LogP contribution < -0.4 is 0 Å². The van der Waals surface area contributed by atoms with Gasteiger partial charge in [-0.3, -0.25) is 0 Å². The molecule has 0 saturated heterocycles. The summed E-state index contributed by atoms with van der Waals surface area (Å²) in [7, 11) is 0. The Kier molecular flexibility index (Phi) is 5.38. The van der Waals surface area contributed by atoms with Crippen LogP contribution in [0.15, 0.2) is 11.7 Å². The van der Waals surface area contributed by atoms with Crippen molar-refractivity contribution in [2.45, 2.75) is 23.9 Å². The van der Waals surface area contributed by atoms with Gasteiger partial charge in [-0.1, -0.05) is 5.92 Å². The highest BCUT2D eigenvalue weighted by Crippen LogP contribution is 2.55. The van der Waals surface area contributed by atoms with Gasteiger partial charge in [0.15, 0.2) is 0 Å². The highest BCUT2D eigenvalue weighted by atomic mass is 19.4. The third-order valence-corrected chi connectivity index (χ3v) is 1.96. The van der Waals surface area contributed by atoms with Gasteiger partial charge in [0.1, 0.15) is 0 Å². The van der Waals surface area contributed by atoms with E-state index in [2.05, 4.69) is 0 Å². The Bertz CT molecular complexity index is 538. The Morgan fingerprint density at radius 2 is 1.09 bits per heavy atom. The van der Waals surface area contributed by atoms with Crippen molar-refractivity contribution in [3.8, 4) is 11.7 Å². The van der Waals surface area contributed by atoms with Crippen LogP contribution in [0, 0.1) is 11.7 Å². The molecule has 0 unspecified atom stereocenters. The first-order chi connectivity index (χ1) is 9.79. The highest BCUT2D eigenvalue weighted by molar-refractivity contribution is 6.67. The Balaban J connectivity index is 6.10. The molecule has 0 saturated carbocycles. The van der Waals surface area contributed by atoms with Crippen LogP contribution >= 0.6 is 0 Å². The average molecular weight is 373 g/mol. The van der Waals surface area contributed by atoms with Gasteiger partial charge in [0.2, 0.25) is 11.7 Å². The molecule has 0 fully saturated rings. The highest BCUT2D eigenvalue weighted by Gasteiger charge is 2.83. The predicted octanol–water partition coefficient (Wildman–Crippen LogP) is 5.00. The topological polar surface area (TPSA) is 0 Å². The van der Waals surface area contributed by atoms with Crippen molar-refractivity contribution in [3.63, 3.8) is 0 Å². The van der Waals surface area contributed by atoms with Crippen molar-refractivity contribution in [1.29, 1.82) is 0 Å². The van der Waals surface area contributed by atoms with Gasteiger partial charge in [-0.2, -0.15) is 49.7 Å². The van der Waals surface area contributed by atoms with Crippen LogP contribution in [0.5, 0.6) is 0 Å². The fourth-order valence-corrected chi connectivity index (χ4v) is 0.851. The van der Waals surface area contributed by atoms with Gasteiger partial charge >= 0.3 is 30.9 Å². The molecule has 0 nitrogen and oxygen atoms in total. The lowest BCUT2D eigenvalue weighted by Gasteiger charge is -2.32. The summed E-state index contributed by atoms with van der Waals surface area (Å²) in [4.78, 5) is 0. The van der Waals surface area contributed by atoms with E-state index < -0.39 is 42.6 Å². The van der Waals surface area contributed by atoms with Crippen LogP contribution in [0.4, 0.5) is 61.2 Å². The summed E-state index contributed by atoms with van der Waals surface area (Å²) in [6.45, 7) is -6.24. The minimum atomic E-state index is -7.55. The van der Waals surface area contributed by atoms with E-state index in [0.717, 1.165) is 0 Å². The fraction of sp³-hybridized carbons (Fsp3) is 0.500. The number of allylic oxidation sites excluding steroid dienone is 2. The molecule has 134 valence electrons. The summed E-state index contributed by atoms with van der Waals surface area (Å²) >= 11 is 0. The molecule has 0 rings (SSSR count). The predicted molar refractivity (Wildman–Crippen MR) is 47.0 cm³/mol. The number of hydrogen-bond donors (Lipinski definition) is 0. The molecule has 0 aromatic rings. The normalized spacial score (nSPS) is 15.7. The molecule has 0 heterocycles. The third kappa shape index (κ3) is 4.02. The summed E-state index contributed by atoms with van der Waals surface area (Å²) in [6.07, 6.45) is -7.29. The van der Waals surface area contributed by atoms with Crippen molar-refractivity contribution in [3.05, 3.63) is 11.7 Å². The number of halogens is 14. The molecule has 0 amide bonds. The van der Waals surface area contributed by atoms with Crippen LogP contribution in [0.1, 0.15) is 0 Å². The fourth-order valence-electron chi connectivity index (χ4n) is 0.851. The monoisotopic (exact) mass is 373 g/mol. The number of hydrogen-bond acceptors (Lipinski definition) is 0. The van der Waals surface area contributed by atoms with Crippen LogP contribution in [-0.4, -0.2) is 30.9 Å². The lowest BCUT2D eigenvalue weighted by atomic mass is 9.94. The maximum Gasteiger partial charge on any atom is 0.558 e. The average Bonchev–Trinajstić information content (AvgIpc) is 2.32. The van der Waals surface area contributed by atoms with Crippen molar-refractivity contribution >= 4 is 6.98 Å². The minimum Gasteiger partial charge on any atom is -0.438 e. The standard InChI is InChI=1S/C8BF14/c10-3(1-2-9(21,22)23)4(11)5(12,13)6(14,15)7(16,17)8(18,19)20/q-1/b4-3+. The molecule has 0 N–H and O–H groups in total. The van der Waals surface area contributed by atoms with Gasteiger partial charge in [-0.25, -0.2) is 4.39 Å². The molecule has 0 aliphatic heterocycles. The second-order valence-corrected chi connectivity index (χ2v) is 3.69. The number of alkyl halides is 9. The van der Waals surface area contributed by atoms with Crippen LogP contribution in [0.2, 0.25) is 0 Å². The Labute approximate surface area is 117 Å². The molecule has 0 atom stereocenters. The Morgan fingerprint density at radius 1 is 0.696 bits per heavy atom. The van der Waals surface area contributed by atoms with Gasteiger partial charge in [0.05, 0.1) is 0 Å². The van der Waals surface area contributed by atoms with Gasteiger partial charge < -0.3 is 12.9 Å². The second kappa shape index (κ2) is 5.79. The molecule has 0 aliphatic rings. The molecule has 0 radical (unpaired) electrons. The molecule has 0 spiro atoms. The van der Waals surface area contributed by atoms with Crippen molar-refractivity contribution < 1.29 is 61.2 Å². The summed E-state index contributed by atoms with van der Waals surface area (Å²) in [5, 5.41) is 0. The maximum absolute atomic E-state index is 12.7. The molecule has 23 heavy (non-hydrogen) atoms. The van der Waals surface area contributed by atoms with Crippen LogP contribution in [0.25, 0.3) is 0 Å². The molecule has 0 aliphatic carbocycles. The minimum absolute atomic E-state index is 0.0580. The summed E-state index contributed by atoms with van der Waals surface area (Å²) in [6, 6.07) is 0. The molecule has 0 aromatic carbocycles. The molecule has 15 heteroatoms. The smallest absolute Gasteiger partial charge is 0.438 e. The zero-order chi connectivity index (χ0) is 19.1. The van der Waals surface area contributed by atoms with Crippen molar-refractivity contribution in [2.75, 3.05) is 0 Å². The summed E-state index contributed by atoms with van der Waals surface area (Å²) in [5.74, 6) is -30.3. The van der Waals surface area contributed by atoms with E-state index in [4.69, 9.17) is 0 Å². The molecular weight excluding hydrogens is 373 g/mol. The van der Waals surface area contributed by atoms with E-state index in [0.29, 0.717) is 0 Å². The summed E-state index contributed by atoms with van der Waals surface area (Å²) < 4.78 is 170. The van der Waals surface area contributed by atoms with Crippen molar-refractivity contribution in [2.24, 2.45) is 0 Å². The first-order valence-corrected chi connectivity index (χ1v) is 4.77. The van der Waals surface area contributed by atoms with Crippen LogP contribution in [0.3, 0.4) is 0 Å². The molecular formula is C8BF14-. The van der Waals surface area contributed by atoms with E-state index in [1.807, 2.05) is 0 Å². The van der Waals surface area contributed by atoms with E-state index in [1.165, 1.54) is 0 Å². The second-order valence-electron chi connectivity index (χ2n) is 3.69. The third-order valence-electron chi connectivity index (χ3n) is 1.96. The molecule has 0 aromatic heterocycles. The van der Waals surface area contributed by atoms with Gasteiger partial charge in [-0.15, -0.1) is 0 Å². The van der Waals surface area contributed by atoms with E-state index >= 15 is 0 Å². The Hall–Kier alpha value is -1.62. The largest absolute Gasteiger partial charge is 0.558 e. The van der Waals surface area contributed by atoms with Gasteiger partial charge in [0.25, 0.3) is 0 Å². The van der Waals surface area contributed by atoms with E-state index in [9.17, 15) is 61.2 Å². The zero-order valence-corrected chi connectivity index (χ0v) is 9.87. The van der Waals surface area contributed by atoms with Crippen LogP contribution in [-0.2, 0) is 0 Å². The first-order valence-electron chi connectivity index (χ1n) is 4.77. The lowest BCUT2D eigenvalue weighted by Crippen LogP contribution is -2.61. The summed E-state index contributed by atoms with van der Waals surface area (Å²) in [5.41, 5.74) is 0. The lowest BCUT2D eigenvalue weighted by molar-refractivity contribution is -0.391. The molecule has 0 bridgehead atoms. The van der Waals surface area contributed by atoms with Crippen molar-refractivity contribution in [1.82, 2.24) is 0 Å². The first kappa shape index (κ1) is 21.4. The maximum atomic E-state index is 12.7. The zero-order valence-electron chi connectivity index (χ0n) is 9.87. The van der Waals surface area contributed by atoms with Gasteiger partial charge in [-0.05, 0) is 0 Å². The van der Waals surface area contributed by atoms with Gasteiger partial charge in [0, 0.05) is 0 Å².